The number of thiophene rings is 1. The summed E-state index contributed by atoms with van der Waals surface area (Å²) in [7, 11) is 0. The molecule has 2 heterocycles. The van der Waals surface area contributed by atoms with Crippen molar-refractivity contribution in [2.45, 2.75) is 13.0 Å². The van der Waals surface area contributed by atoms with E-state index in [1.807, 2.05) is 61.5 Å². The Kier molecular flexibility index (Phi) is 5.03. The van der Waals surface area contributed by atoms with Crippen LogP contribution < -0.4 is 5.32 Å². The molecular formula is C21H18N2O2S2. The van der Waals surface area contributed by atoms with E-state index in [1.165, 1.54) is 11.3 Å². The summed E-state index contributed by atoms with van der Waals surface area (Å²) < 4.78 is 1.13. The molecule has 27 heavy (non-hydrogen) atoms. The highest BCUT2D eigenvalue weighted by Gasteiger charge is 2.15. The second-order valence-corrected chi connectivity index (χ2v) is 8.40. The SMILES string of the molecule is Cc1ccc([C@@H](O)CNC(=O)c2ccc(-c3nc4ccccc4s3)s2)cc1. The highest BCUT2D eigenvalue weighted by atomic mass is 32.1. The Labute approximate surface area is 165 Å². The van der Waals surface area contributed by atoms with Gasteiger partial charge in [0, 0.05) is 6.54 Å². The van der Waals surface area contributed by atoms with Gasteiger partial charge in [-0.15, -0.1) is 22.7 Å². The van der Waals surface area contributed by atoms with Crippen LogP contribution in [0.2, 0.25) is 0 Å². The number of amides is 1. The smallest absolute Gasteiger partial charge is 0.261 e. The molecule has 6 heteroatoms. The molecule has 0 fully saturated rings. The molecule has 4 nitrogen and oxygen atoms in total. The quantitative estimate of drug-likeness (QED) is 0.511. The van der Waals surface area contributed by atoms with E-state index in [9.17, 15) is 9.90 Å². The van der Waals surface area contributed by atoms with Gasteiger partial charge in [0.25, 0.3) is 5.91 Å². The lowest BCUT2D eigenvalue weighted by Gasteiger charge is -2.12. The molecule has 0 unspecified atom stereocenters. The van der Waals surface area contributed by atoms with Crippen LogP contribution in [0.25, 0.3) is 20.1 Å². The molecule has 136 valence electrons. The summed E-state index contributed by atoms with van der Waals surface area (Å²) in [6.07, 6.45) is -0.724. The number of aryl methyl sites for hydroxylation is 1. The number of aromatic nitrogens is 1. The number of nitrogens with zero attached hydrogens (tertiary/aromatic N) is 1. The van der Waals surface area contributed by atoms with E-state index in [0.29, 0.717) is 4.88 Å². The second kappa shape index (κ2) is 7.60. The predicted octanol–water partition coefficient (Wildman–Crippen LogP) is 4.80. The highest BCUT2D eigenvalue weighted by molar-refractivity contribution is 7.26. The van der Waals surface area contributed by atoms with Crippen molar-refractivity contribution in [3.63, 3.8) is 0 Å². The molecule has 1 amide bonds. The Balaban J connectivity index is 1.43. The molecule has 0 radical (unpaired) electrons. The molecule has 4 rings (SSSR count). The molecule has 4 aromatic rings. The van der Waals surface area contributed by atoms with E-state index in [-0.39, 0.29) is 12.5 Å². The molecule has 2 N–H and O–H groups in total. The Morgan fingerprint density at radius 1 is 1.07 bits per heavy atom. The Morgan fingerprint density at radius 3 is 2.63 bits per heavy atom. The van der Waals surface area contributed by atoms with Crippen LogP contribution >= 0.6 is 22.7 Å². The maximum absolute atomic E-state index is 12.4. The van der Waals surface area contributed by atoms with Crippen LogP contribution in [0.1, 0.15) is 26.9 Å². The molecule has 0 saturated carbocycles. The summed E-state index contributed by atoms with van der Waals surface area (Å²) in [6.45, 7) is 2.17. The van der Waals surface area contributed by atoms with E-state index < -0.39 is 6.10 Å². The summed E-state index contributed by atoms with van der Waals surface area (Å²) in [6, 6.07) is 19.4. The first kappa shape index (κ1) is 17.9. The first-order valence-corrected chi connectivity index (χ1v) is 10.2. The topological polar surface area (TPSA) is 62.2 Å². The van der Waals surface area contributed by atoms with Gasteiger partial charge in [0.05, 0.1) is 26.1 Å². The second-order valence-electron chi connectivity index (χ2n) is 6.29. The van der Waals surface area contributed by atoms with E-state index in [4.69, 9.17) is 0 Å². The Morgan fingerprint density at radius 2 is 1.85 bits per heavy atom. The fourth-order valence-corrected chi connectivity index (χ4v) is 4.68. The lowest BCUT2D eigenvalue weighted by Crippen LogP contribution is -2.27. The van der Waals surface area contributed by atoms with Crippen molar-refractivity contribution in [2.75, 3.05) is 6.54 Å². The van der Waals surface area contributed by atoms with E-state index in [1.54, 1.807) is 17.4 Å². The fraction of sp³-hybridized carbons (Fsp3) is 0.143. The summed E-state index contributed by atoms with van der Waals surface area (Å²) in [5.41, 5.74) is 2.90. The number of carbonyl (C=O) groups is 1. The van der Waals surface area contributed by atoms with Gasteiger partial charge in [-0.2, -0.15) is 0 Å². The zero-order chi connectivity index (χ0) is 18.8. The Bertz CT molecular complexity index is 1050. The van der Waals surface area contributed by atoms with Gasteiger partial charge in [0.2, 0.25) is 0 Å². The zero-order valence-corrected chi connectivity index (χ0v) is 16.3. The Hall–Kier alpha value is -2.54. The van der Waals surface area contributed by atoms with Gasteiger partial charge >= 0.3 is 0 Å². The number of para-hydroxylation sites is 1. The molecule has 0 saturated heterocycles. The van der Waals surface area contributed by atoms with Crippen LogP contribution in [0.3, 0.4) is 0 Å². The van der Waals surface area contributed by atoms with Crippen LogP contribution in [0.15, 0.2) is 60.7 Å². The van der Waals surface area contributed by atoms with E-state index in [0.717, 1.165) is 31.2 Å². The minimum absolute atomic E-state index is 0.177. The van der Waals surface area contributed by atoms with Crippen LogP contribution in [0, 0.1) is 6.92 Å². The molecule has 1 atom stereocenters. The number of carbonyl (C=O) groups excluding carboxylic acids is 1. The average molecular weight is 395 g/mol. The van der Waals surface area contributed by atoms with Gasteiger partial charge in [0.1, 0.15) is 5.01 Å². The van der Waals surface area contributed by atoms with Crippen molar-refractivity contribution in [1.29, 1.82) is 0 Å². The van der Waals surface area contributed by atoms with Crippen molar-refractivity contribution in [3.05, 3.63) is 76.7 Å². The van der Waals surface area contributed by atoms with Gasteiger partial charge in [-0.25, -0.2) is 4.98 Å². The predicted molar refractivity (Wildman–Crippen MR) is 111 cm³/mol. The number of hydrogen-bond donors (Lipinski definition) is 2. The van der Waals surface area contributed by atoms with Crippen molar-refractivity contribution >= 4 is 38.8 Å². The first-order chi connectivity index (χ1) is 13.1. The van der Waals surface area contributed by atoms with Gasteiger partial charge in [-0.3, -0.25) is 4.79 Å². The molecule has 0 aliphatic rings. The molecule has 0 aliphatic heterocycles. The van der Waals surface area contributed by atoms with Crippen molar-refractivity contribution in [1.82, 2.24) is 10.3 Å². The molecule has 0 bridgehead atoms. The number of thiazole rings is 1. The summed E-state index contributed by atoms with van der Waals surface area (Å²) >= 11 is 3.03. The van der Waals surface area contributed by atoms with Gasteiger partial charge in [-0.1, -0.05) is 42.0 Å². The van der Waals surface area contributed by atoms with Crippen molar-refractivity contribution < 1.29 is 9.90 Å². The molecule has 2 aromatic carbocycles. The lowest BCUT2D eigenvalue weighted by atomic mass is 10.1. The molecule has 2 aromatic heterocycles. The zero-order valence-electron chi connectivity index (χ0n) is 14.7. The maximum Gasteiger partial charge on any atom is 0.261 e. The average Bonchev–Trinajstić information content (AvgIpc) is 3.33. The molecule has 0 spiro atoms. The van der Waals surface area contributed by atoms with Gasteiger partial charge < -0.3 is 10.4 Å². The maximum atomic E-state index is 12.4. The number of aliphatic hydroxyl groups excluding tert-OH is 1. The number of fused-ring (bicyclic) bond motifs is 1. The highest BCUT2D eigenvalue weighted by Crippen LogP contribution is 2.34. The lowest BCUT2D eigenvalue weighted by molar-refractivity contribution is 0.0920. The van der Waals surface area contributed by atoms with Crippen LogP contribution in [-0.4, -0.2) is 22.5 Å². The van der Waals surface area contributed by atoms with Crippen molar-refractivity contribution in [2.24, 2.45) is 0 Å². The fourth-order valence-electron chi connectivity index (χ4n) is 2.74. The monoisotopic (exact) mass is 394 g/mol. The minimum atomic E-state index is -0.724. The third-order valence-electron chi connectivity index (χ3n) is 4.25. The summed E-state index contributed by atoms with van der Waals surface area (Å²) in [5, 5.41) is 14.0. The number of benzene rings is 2. The standard InChI is InChI=1S/C21H18N2O2S2/c1-13-6-8-14(9-7-13)16(24)12-22-20(25)18-10-11-19(26-18)21-23-15-4-2-3-5-17(15)27-21/h2-11,16,24H,12H2,1H3,(H,22,25)/t16-/m0/s1. The first-order valence-electron chi connectivity index (χ1n) is 8.59. The van der Waals surface area contributed by atoms with Gasteiger partial charge in [0.15, 0.2) is 0 Å². The van der Waals surface area contributed by atoms with Crippen LogP contribution in [0.5, 0.6) is 0 Å². The van der Waals surface area contributed by atoms with E-state index >= 15 is 0 Å². The number of aliphatic hydroxyl groups is 1. The van der Waals surface area contributed by atoms with Crippen LogP contribution in [-0.2, 0) is 0 Å². The molecule has 0 aliphatic carbocycles. The minimum Gasteiger partial charge on any atom is -0.387 e. The third-order valence-corrected chi connectivity index (χ3v) is 6.54. The van der Waals surface area contributed by atoms with E-state index in [2.05, 4.69) is 10.3 Å². The number of rotatable bonds is 5. The third kappa shape index (κ3) is 3.93. The number of nitrogens with one attached hydrogen (secondary N) is 1. The van der Waals surface area contributed by atoms with Crippen LogP contribution in [0.4, 0.5) is 0 Å². The normalized spacial score (nSPS) is 12.2. The van der Waals surface area contributed by atoms with Crippen molar-refractivity contribution in [3.8, 4) is 9.88 Å². The largest absolute Gasteiger partial charge is 0.387 e. The summed E-state index contributed by atoms with van der Waals surface area (Å²) in [4.78, 5) is 18.6. The number of hydrogen-bond acceptors (Lipinski definition) is 5. The molecular weight excluding hydrogens is 376 g/mol. The summed E-state index contributed by atoms with van der Waals surface area (Å²) in [5.74, 6) is -0.182. The van der Waals surface area contributed by atoms with Gasteiger partial charge in [-0.05, 0) is 36.8 Å².